The Morgan fingerprint density at radius 2 is 2.05 bits per heavy atom. The second-order valence-electron chi connectivity index (χ2n) is 4.57. The number of carboxylic acids is 1. The molecule has 0 amide bonds. The standard InChI is InChI=1S/C15H17FN2O2/c1-4-11-14(12(5-2)18(3)17-11)9-7-6-8-10(16)13(9)15(19)20/h6-8H,4-5H2,1-3H3,(H,19,20). The smallest absolute Gasteiger partial charge is 0.339 e. The molecule has 106 valence electrons. The Morgan fingerprint density at radius 3 is 2.60 bits per heavy atom. The van der Waals surface area contributed by atoms with Crippen molar-refractivity contribution in [3.8, 4) is 11.1 Å². The van der Waals surface area contributed by atoms with Crippen molar-refractivity contribution >= 4 is 5.97 Å². The molecule has 0 bridgehead atoms. The van der Waals surface area contributed by atoms with Crippen molar-refractivity contribution in [2.75, 3.05) is 0 Å². The highest BCUT2D eigenvalue weighted by Crippen LogP contribution is 2.32. The van der Waals surface area contributed by atoms with Crippen LogP contribution in [-0.4, -0.2) is 20.9 Å². The van der Waals surface area contributed by atoms with E-state index in [0.717, 1.165) is 17.0 Å². The van der Waals surface area contributed by atoms with E-state index < -0.39 is 11.8 Å². The molecule has 4 nitrogen and oxygen atoms in total. The first-order chi connectivity index (χ1) is 9.51. The lowest BCUT2D eigenvalue weighted by Gasteiger charge is -2.09. The van der Waals surface area contributed by atoms with Gasteiger partial charge in [0.25, 0.3) is 0 Å². The van der Waals surface area contributed by atoms with Crippen molar-refractivity contribution < 1.29 is 14.3 Å². The largest absolute Gasteiger partial charge is 0.478 e. The van der Waals surface area contributed by atoms with Crippen molar-refractivity contribution in [3.63, 3.8) is 0 Å². The summed E-state index contributed by atoms with van der Waals surface area (Å²) in [6.45, 7) is 3.92. The number of rotatable bonds is 4. The quantitative estimate of drug-likeness (QED) is 0.933. The molecule has 0 spiro atoms. The number of hydrogen-bond acceptors (Lipinski definition) is 2. The molecule has 0 saturated carbocycles. The van der Waals surface area contributed by atoms with Crippen LogP contribution in [0.5, 0.6) is 0 Å². The molecule has 1 N–H and O–H groups in total. The Labute approximate surface area is 116 Å². The molecule has 20 heavy (non-hydrogen) atoms. The molecule has 0 unspecified atom stereocenters. The average Bonchev–Trinajstić information content (AvgIpc) is 2.73. The minimum Gasteiger partial charge on any atom is -0.478 e. The number of nitrogens with zero attached hydrogens (tertiary/aromatic N) is 2. The van der Waals surface area contributed by atoms with E-state index in [1.165, 1.54) is 12.1 Å². The fourth-order valence-corrected chi connectivity index (χ4v) is 2.53. The summed E-state index contributed by atoms with van der Waals surface area (Å²) >= 11 is 0. The minimum absolute atomic E-state index is 0.287. The van der Waals surface area contributed by atoms with Gasteiger partial charge in [-0.05, 0) is 18.9 Å². The van der Waals surface area contributed by atoms with Crippen LogP contribution >= 0.6 is 0 Å². The van der Waals surface area contributed by atoms with Crippen LogP contribution in [-0.2, 0) is 19.9 Å². The third kappa shape index (κ3) is 2.19. The third-order valence-electron chi connectivity index (χ3n) is 3.41. The zero-order valence-corrected chi connectivity index (χ0v) is 11.8. The van der Waals surface area contributed by atoms with Crippen LogP contribution in [0.1, 0.15) is 35.6 Å². The molecular weight excluding hydrogens is 259 g/mol. The maximum absolute atomic E-state index is 13.9. The van der Waals surface area contributed by atoms with Gasteiger partial charge in [0.2, 0.25) is 0 Å². The van der Waals surface area contributed by atoms with Crippen LogP contribution in [0.25, 0.3) is 11.1 Å². The Bertz CT molecular complexity index is 662. The predicted octanol–water partition coefficient (Wildman–Crippen LogP) is 3.05. The van der Waals surface area contributed by atoms with Gasteiger partial charge < -0.3 is 5.11 Å². The Kier molecular flexibility index (Phi) is 3.88. The lowest BCUT2D eigenvalue weighted by atomic mass is 9.95. The molecule has 0 aliphatic carbocycles. The molecule has 0 atom stereocenters. The van der Waals surface area contributed by atoms with E-state index in [4.69, 9.17) is 0 Å². The SMILES string of the molecule is CCc1nn(C)c(CC)c1-c1cccc(F)c1C(=O)O. The summed E-state index contributed by atoms with van der Waals surface area (Å²) < 4.78 is 15.6. The van der Waals surface area contributed by atoms with E-state index in [-0.39, 0.29) is 5.56 Å². The zero-order valence-electron chi connectivity index (χ0n) is 11.8. The van der Waals surface area contributed by atoms with Crippen LogP contribution in [0, 0.1) is 5.82 Å². The van der Waals surface area contributed by atoms with E-state index in [1.54, 1.807) is 10.7 Å². The number of aryl methyl sites for hydroxylation is 2. The Morgan fingerprint density at radius 1 is 1.35 bits per heavy atom. The number of halogens is 1. The summed E-state index contributed by atoms with van der Waals surface area (Å²) in [5.74, 6) is -1.98. The van der Waals surface area contributed by atoms with Crippen molar-refractivity contribution in [1.82, 2.24) is 9.78 Å². The molecule has 2 rings (SSSR count). The molecule has 5 heteroatoms. The first-order valence-corrected chi connectivity index (χ1v) is 6.58. The van der Waals surface area contributed by atoms with Crippen LogP contribution in [0.2, 0.25) is 0 Å². The predicted molar refractivity (Wildman–Crippen MR) is 74.3 cm³/mol. The monoisotopic (exact) mass is 276 g/mol. The van der Waals surface area contributed by atoms with Gasteiger partial charge in [0, 0.05) is 23.9 Å². The van der Waals surface area contributed by atoms with E-state index in [2.05, 4.69) is 5.10 Å². The fourth-order valence-electron chi connectivity index (χ4n) is 2.53. The van der Waals surface area contributed by atoms with Gasteiger partial charge >= 0.3 is 5.97 Å². The van der Waals surface area contributed by atoms with Gasteiger partial charge in [-0.3, -0.25) is 4.68 Å². The van der Waals surface area contributed by atoms with Gasteiger partial charge in [-0.15, -0.1) is 0 Å². The number of benzene rings is 1. The molecule has 0 saturated heterocycles. The third-order valence-corrected chi connectivity index (χ3v) is 3.41. The highest BCUT2D eigenvalue weighted by Gasteiger charge is 2.23. The Balaban J connectivity index is 2.81. The van der Waals surface area contributed by atoms with Crippen LogP contribution in [0.3, 0.4) is 0 Å². The van der Waals surface area contributed by atoms with Gasteiger partial charge in [-0.2, -0.15) is 5.10 Å². The summed E-state index contributed by atoms with van der Waals surface area (Å²) in [6.07, 6.45) is 1.37. The topological polar surface area (TPSA) is 55.1 Å². The van der Waals surface area contributed by atoms with Gasteiger partial charge in [0.05, 0.1) is 5.69 Å². The summed E-state index contributed by atoms with van der Waals surface area (Å²) in [7, 11) is 1.82. The molecule has 0 aliphatic rings. The molecule has 2 aromatic rings. The molecule has 0 aliphatic heterocycles. The van der Waals surface area contributed by atoms with Crippen molar-refractivity contribution in [2.24, 2.45) is 7.05 Å². The summed E-state index contributed by atoms with van der Waals surface area (Å²) in [5.41, 5.74) is 2.56. The van der Waals surface area contributed by atoms with Crippen LogP contribution < -0.4 is 0 Å². The molecule has 1 heterocycles. The fraction of sp³-hybridized carbons (Fsp3) is 0.333. The summed E-state index contributed by atoms with van der Waals surface area (Å²) in [6, 6.07) is 4.34. The molecule has 0 radical (unpaired) electrons. The van der Waals surface area contributed by atoms with E-state index in [1.807, 2.05) is 20.9 Å². The lowest BCUT2D eigenvalue weighted by Crippen LogP contribution is -2.05. The number of carboxylic acid groups (broad SMARTS) is 1. The van der Waals surface area contributed by atoms with Crippen molar-refractivity contribution in [2.45, 2.75) is 26.7 Å². The summed E-state index contributed by atoms with van der Waals surface area (Å²) in [5, 5.41) is 13.7. The first-order valence-electron chi connectivity index (χ1n) is 6.58. The molecule has 1 aromatic carbocycles. The number of carbonyl (C=O) groups is 1. The second kappa shape index (κ2) is 5.45. The molecule has 0 fully saturated rings. The molecule has 1 aromatic heterocycles. The zero-order chi connectivity index (χ0) is 14.9. The average molecular weight is 276 g/mol. The maximum Gasteiger partial charge on any atom is 0.339 e. The minimum atomic E-state index is -1.26. The van der Waals surface area contributed by atoms with Gasteiger partial charge in [0.15, 0.2) is 0 Å². The van der Waals surface area contributed by atoms with Crippen LogP contribution in [0.4, 0.5) is 4.39 Å². The van der Waals surface area contributed by atoms with E-state index >= 15 is 0 Å². The molecular formula is C15H17FN2O2. The number of aromatic nitrogens is 2. The highest BCUT2D eigenvalue weighted by atomic mass is 19.1. The number of hydrogen-bond donors (Lipinski definition) is 1. The van der Waals surface area contributed by atoms with E-state index in [9.17, 15) is 14.3 Å². The number of aromatic carboxylic acids is 1. The normalized spacial score (nSPS) is 10.8. The van der Waals surface area contributed by atoms with Gasteiger partial charge in [-0.25, -0.2) is 9.18 Å². The lowest BCUT2D eigenvalue weighted by molar-refractivity contribution is 0.0693. The first kappa shape index (κ1) is 14.2. The maximum atomic E-state index is 13.9. The van der Waals surface area contributed by atoms with Crippen molar-refractivity contribution in [3.05, 3.63) is 41.0 Å². The van der Waals surface area contributed by atoms with Gasteiger partial charge in [-0.1, -0.05) is 26.0 Å². The second-order valence-corrected chi connectivity index (χ2v) is 4.57. The Hall–Kier alpha value is -2.17. The van der Waals surface area contributed by atoms with Crippen LogP contribution in [0.15, 0.2) is 18.2 Å². The highest BCUT2D eigenvalue weighted by molar-refractivity contribution is 5.97. The summed E-state index contributed by atoms with van der Waals surface area (Å²) in [4.78, 5) is 11.4. The van der Waals surface area contributed by atoms with Gasteiger partial charge in [0.1, 0.15) is 11.4 Å². The van der Waals surface area contributed by atoms with E-state index in [0.29, 0.717) is 18.4 Å². The van der Waals surface area contributed by atoms with Crippen molar-refractivity contribution in [1.29, 1.82) is 0 Å².